The molecule has 2 heterocycles. The third-order valence-corrected chi connectivity index (χ3v) is 5.92. The van der Waals surface area contributed by atoms with Gasteiger partial charge in [0.25, 0.3) is 5.91 Å². The van der Waals surface area contributed by atoms with Gasteiger partial charge in [-0.2, -0.15) is 0 Å². The summed E-state index contributed by atoms with van der Waals surface area (Å²) in [5, 5.41) is 6.07. The summed E-state index contributed by atoms with van der Waals surface area (Å²) in [5.74, 6) is 0.197. The van der Waals surface area contributed by atoms with E-state index in [0.717, 1.165) is 69.6 Å². The summed E-state index contributed by atoms with van der Waals surface area (Å²) in [4.78, 5) is 27.4. The summed E-state index contributed by atoms with van der Waals surface area (Å²) < 4.78 is 5.62. The third-order valence-electron chi connectivity index (χ3n) is 5.92. The van der Waals surface area contributed by atoms with Crippen LogP contribution >= 0.6 is 0 Å². The Morgan fingerprint density at radius 2 is 1.82 bits per heavy atom. The quantitative estimate of drug-likeness (QED) is 0.788. The molecule has 2 saturated heterocycles. The highest BCUT2D eigenvalue weighted by Crippen LogP contribution is 2.32. The zero-order valence-corrected chi connectivity index (χ0v) is 16.5. The molecule has 6 heteroatoms. The number of carbonyl (C=O) groups excluding carboxylic acids is 2. The lowest BCUT2D eigenvalue weighted by Crippen LogP contribution is -2.34. The van der Waals surface area contributed by atoms with Crippen LogP contribution in [0.25, 0.3) is 0 Å². The first kappa shape index (κ1) is 19.2. The number of nitrogens with zero attached hydrogens (tertiary/aromatic N) is 1. The number of amides is 2. The number of carbonyl (C=O) groups is 2. The van der Waals surface area contributed by atoms with Crippen LogP contribution in [-0.2, 0) is 9.53 Å². The Labute approximate surface area is 167 Å². The summed E-state index contributed by atoms with van der Waals surface area (Å²) in [6.07, 6.45) is 8.89. The number of benzene rings is 1. The Bertz CT molecular complexity index is 703. The van der Waals surface area contributed by atoms with Crippen LogP contribution in [0.5, 0.6) is 0 Å². The van der Waals surface area contributed by atoms with Crippen LogP contribution in [0.4, 0.5) is 11.4 Å². The van der Waals surface area contributed by atoms with Gasteiger partial charge in [-0.25, -0.2) is 0 Å². The molecule has 6 nitrogen and oxygen atoms in total. The fourth-order valence-electron chi connectivity index (χ4n) is 4.07. The van der Waals surface area contributed by atoms with Crippen molar-refractivity contribution in [1.29, 1.82) is 0 Å². The fourth-order valence-corrected chi connectivity index (χ4v) is 4.07. The minimum Gasteiger partial charge on any atom is -0.376 e. The van der Waals surface area contributed by atoms with Crippen molar-refractivity contribution in [3.8, 4) is 0 Å². The monoisotopic (exact) mass is 385 g/mol. The normalized spacial score (nSPS) is 22.6. The Morgan fingerprint density at radius 3 is 2.50 bits per heavy atom. The van der Waals surface area contributed by atoms with Crippen molar-refractivity contribution in [2.45, 2.75) is 57.5 Å². The molecule has 1 aromatic rings. The van der Waals surface area contributed by atoms with Crippen molar-refractivity contribution >= 4 is 23.2 Å². The van der Waals surface area contributed by atoms with E-state index < -0.39 is 0 Å². The number of hydrogen-bond donors (Lipinski definition) is 2. The second-order valence-corrected chi connectivity index (χ2v) is 8.24. The highest BCUT2D eigenvalue weighted by Gasteiger charge is 2.30. The first-order chi connectivity index (χ1) is 13.7. The number of ether oxygens (including phenoxy) is 1. The highest BCUT2D eigenvalue weighted by atomic mass is 16.5. The lowest BCUT2D eigenvalue weighted by Gasteiger charge is -2.26. The van der Waals surface area contributed by atoms with Crippen LogP contribution in [-0.4, -0.2) is 44.2 Å². The molecule has 1 saturated carbocycles. The third kappa shape index (κ3) is 4.85. The molecule has 0 aromatic heterocycles. The molecule has 2 amide bonds. The molecule has 3 fully saturated rings. The summed E-state index contributed by atoms with van der Waals surface area (Å²) in [6, 6.07) is 5.68. The van der Waals surface area contributed by atoms with E-state index >= 15 is 0 Å². The molecule has 152 valence electrons. The van der Waals surface area contributed by atoms with E-state index in [1.807, 2.05) is 18.2 Å². The molecule has 0 spiro atoms. The molecule has 0 bridgehead atoms. The predicted molar refractivity (Wildman–Crippen MR) is 110 cm³/mol. The van der Waals surface area contributed by atoms with Crippen LogP contribution < -0.4 is 15.5 Å². The molecule has 4 rings (SSSR count). The standard InChI is InChI=1S/C22H31N3O3/c26-21(16-7-8-16)24-17-9-10-19(22(27)23-15-18-6-5-13-28-18)20(14-17)25-11-3-1-2-4-12-25/h9-10,14,16,18H,1-8,11-13,15H2,(H,23,27)(H,24,26)/t18-/m1/s1. The van der Waals surface area contributed by atoms with Crippen LogP contribution in [0, 0.1) is 5.92 Å². The minimum atomic E-state index is -0.0604. The summed E-state index contributed by atoms with van der Waals surface area (Å²) in [5.41, 5.74) is 2.40. The van der Waals surface area contributed by atoms with E-state index in [9.17, 15) is 9.59 Å². The summed E-state index contributed by atoms with van der Waals surface area (Å²) >= 11 is 0. The van der Waals surface area contributed by atoms with Crippen molar-refractivity contribution in [2.24, 2.45) is 5.92 Å². The first-order valence-electron chi connectivity index (χ1n) is 10.8. The van der Waals surface area contributed by atoms with Crippen LogP contribution in [0.15, 0.2) is 18.2 Å². The SMILES string of the molecule is O=C(NC[C@H]1CCCO1)c1ccc(NC(=O)C2CC2)cc1N1CCCCCC1. The van der Waals surface area contributed by atoms with Gasteiger partial charge in [-0.15, -0.1) is 0 Å². The van der Waals surface area contributed by atoms with Gasteiger partial charge in [-0.05, 0) is 56.7 Å². The lowest BCUT2D eigenvalue weighted by molar-refractivity contribution is -0.117. The summed E-state index contributed by atoms with van der Waals surface area (Å²) in [6.45, 7) is 3.24. The van der Waals surface area contributed by atoms with Gasteiger partial charge < -0.3 is 20.3 Å². The van der Waals surface area contributed by atoms with Gasteiger partial charge in [0.05, 0.1) is 17.4 Å². The van der Waals surface area contributed by atoms with Crippen molar-refractivity contribution in [2.75, 3.05) is 36.5 Å². The van der Waals surface area contributed by atoms with Crippen molar-refractivity contribution in [1.82, 2.24) is 5.32 Å². The van der Waals surface area contributed by atoms with E-state index in [1.54, 1.807) is 0 Å². The highest BCUT2D eigenvalue weighted by molar-refractivity contribution is 6.02. The molecular weight excluding hydrogens is 354 g/mol. The van der Waals surface area contributed by atoms with Gasteiger partial charge in [0.15, 0.2) is 0 Å². The van der Waals surface area contributed by atoms with Crippen LogP contribution in [0.2, 0.25) is 0 Å². The molecule has 2 aliphatic heterocycles. The van der Waals surface area contributed by atoms with Gasteiger partial charge in [0.1, 0.15) is 0 Å². The topological polar surface area (TPSA) is 70.7 Å². The lowest BCUT2D eigenvalue weighted by atomic mass is 10.1. The molecule has 1 aromatic carbocycles. The second-order valence-electron chi connectivity index (χ2n) is 8.24. The van der Waals surface area contributed by atoms with Gasteiger partial charge in [-0.1, -0.05) is 12.8 Å². The van der Waals surface area contributed by atoms with Gasteiger partial charge in [0, 0.05) is 37.8 Å². The second kappa shape index (κ2) is 8.95. The average molecular weight is 386 g/mol. The Kier molecular flexibility index (Phi) is 6.15. The number of rotatable bonds is 6. The number of hydrogen-bond acceptors (Lipinski definition) is 4. The molecular formula is C22H31N3O3. The molecule has 2 N–H and O–H groups in total. The van der Waals surface area contributed by atoms with E-state index in [2.05, 4.69) is 15.5 Å². The average Bonchev–Trinajstić information content (AvgIpc) is 3.48. The Balaban J connectivity index is 1.52. The van der Waals surface area contributed by atoms with E-state index in [1.165, 1.54) is 12.8 Å². The maximum atomic E-state index is 12.9. The van der Waals surface area contributed by atoms with Crippen LogP contribution in [0.1, 0.15) is 61.7 Å². The van der Waals surface area contributed by atoms with Crippen molar-refractivity contribution < 1.29 is 14.3 Å². The van der Waals surface area contributed by atoms with E-state index in [0.29, 0.717) is 12.1 Å². The molecule has 0 unspecified atom stereocenters. The van der Waals surface area contributed by atoms with Crippen LogP contribution in [0.3, 0.4) is 0 Å². The zero-order valence-electron chi connectivity index (χ0n) is 16.5. The van der Waals surface area contributed by atoms with E-state index in [-0.39, 0.29) is 23.8 Å². The number of anilines is 2. The Hall–Kier alpha value is -2.08. The zero-order chi connectivity index (χ0) is 19.3. The number of nitrogens with one attached hydrogen (secondary N) is 2. The minimum absolute atomic E-state index is 0.0604. The van der Waals surface area contributed by atoms with Gasteiger partial charge in [0.2, 0.25) is 5.91 Å². The molecule has 1 aliphatic carbocycles. The molecule has 0 radical (unpaired) electrons. The van der Waals surface area contributed by atoms with Gasteiger partial charge >= 0.3 is 0 Å². The molecule has 3 aliphatic rings. The maximum absolute atomic E-state index is 12.9. The molecule has 28 heavy (non-hydrogen) atoms. The largest absolute Gasteiger partial charge is 0.376 e. The van der Waals surface area contributed by atoms with Crippen molar-refractivity contribution in [3.05, 3.63) is 23.8 Å². The summed E-state index contributed by atoms with van der Waals surface area (Å²) in [7, 11) is 0. The van der Waals surface area contributed by atoms with Gasteiger partial charge in [-0.3, -0.25) is 9.59 Å². The van der Waals surface area contributed by atoms with Crippen molar-refractivity contribution in [3.63, 3.8) is 0 Å². The predicted octanol–water partition coefficient (Wildman–Crippen LogP) is 3.32. The first-order valence-corrected chi connectivity index (χ1v) is 10.8. The van der Waals surface area contributed by atoms with E-state index in [4.69, 9.17) is 4.74 Å². The molecule has 1 atom stereocenters. The Morgan fingerprint density at radius 1 is 1.04 bits per heavy atom. The maximum Gasteiger partial charge on any atom is 0.253 e. The fraction of sp³-hybridized carbons (Fsp3) is 0.636. The smallest absolute Gasteiger partial charge is 0.253 e.